The van der Waals surface area contributed by atoms with Crippen LogP contribution in [0.25, 0.3) is 0 Å². The largest absolute Gasteiger partial charge is 0.325 e. The van der Waals surface area contributed by atoms with Crippen molar-refractivity contribution in [2.75, 3.05) is 13.1 Å². The molecule has 0 unspecified atom stereocenters. The van der Waals surface area contributed by atoms with Crippen LogP contribution < -0.4 is 5.73 Å². The Kier molecular flexibility index (Phi) is 3.29. The Labute approximate surface area is 88.3 Å². The first-order valence-corrected chi connectivity index (χ1v) is 5.77. The molecule has 3 nitrogen and oxygen atoms in total. The summed E-state index contributed by atoms with van der Waals surface area (Å²) < 4.78 is 0. The van der Waals surface area contributed by atoms with Crippen molar-refractivity contribution in [2.45, 2.75) is 19.5 Å². The standard InChI is InChI=1S/C10H15N3S/c11-6-10-12-9(8-14-10)7-13-4-2-1-3-5-13/h1-2,8H,3-7,11H2. The Morgan fingerprint density at radius 3 is 3.07 bits per heavy atom. The van der Waals surface area contributed by atoms with Crippen LogP contribution >= 0.6 is 11.3 Å². The first-order chi connectivity index (χ1) is 6.88. The van der Waals surface area contributed by atoms with E-state index in [1.807, 2.05) is 0 Å². The zero-order chi connectivity index (χ0) is 9.80. The molecule has 0 bridgehead atoms. The van der Waals surface area contributed by atoms with Crippen LogP contribution in [-0.4, -0.2) is 23.0 Å². The summed E-state index contributed by atoms with van der Waals surface area (Å²) in [4.78, 5) is 6.85. The average molecular weight is 209 g/mol. The minimum atomic E-state index is 0.560. The predicted molar refractivity (Wildman–Crippen MR) is 59.0 cm³/mol. The number of hydrogen-bond donors (Lipinski definition) is 1. The summed E-state index contributed by atoms with van der Waals surface area (Å²) in [5.74, 6) is 0. The molecule has 0 aromatic carbocycles. The van der Waals surface area contributed by atoms with E-state index in [1.165, 1.54) is 0 Å². The molecule has 4 heteroatoms. The van der Waals surface area contributed by atoms with Gasteiger partial charge in [0.1, 0.15) is 5.01 Å². The Morgan fingerprint density at radius 2 is 2.43 bits per heavy atom. The lowest BCUT2D eigenvalue weighted by Gasteiger charge is -2.21. The van der Waals surface area contributed by atoms with Crippen LogP contribution in [-0.2, 0) is 13.1 Å². The topological polar surface area (TPSA) is 42.1 Å². The SMILES string of the molecule is NCc1nc(CN2CC=CCC2)cs1. The van der Waals surface area contributed by atoms with Crippen LogP contribution in [0.2, 0.25) is 0 Å². The predicted octanol–water partition coefficient (Wildman–Crippen LogP) is 1.36. The van der Waals surface area contributed by atoms with E-state index in [2.05, 4.69) is 27.4 Å². The van der Waals surface area contributed by atoms with Crippen molar-refractivity contribution in [2.24, 2.45) is 5.73 Å². The summed E-state index contributed by atoms with van der Waals surface area (Å²) in [5, 5.41) is 3.15. The molecule has 2 heterocycles. The molecule has 2 rings (SSSR count). The van der Waals surface area contributed by atoms with Crippen LogP contribution in [0.4, 0.5) is 0 Å². The summed E-state index contributed by atoms with van der Waals surface area (Å²) >= 11 is 1.66. The third kappa shape index (κ3) is 2.41. The molecule has 1 aliphatic heterocycles. The zero-order valence-corrected chi connectivity index (χ0v) is 8.96. The summed E-state index contributed by atoms with van der Waals surface area (Å²) in [6.45, 7) is 3.72. The minimum Gasteiger partial charge on any atom is -0.325 e. The molecule has 0 saturated carbocycles. The molecule has 0 radical (unpaired) electrons. The van der Waals surface area contributed by atoms with Gasteiger partial charge in [0.05, 0.1) is 5.69 Å². The Balaban J connectivity index is 1.93. The molecule has 0 amide bonds. The van der Waals surface area contributed by atoms with Crippen molar-refractivity contribution in [1.82, 2.24) is 9.88 Å². The molecule has 0 aliphatic carbocycles. The van der Waals surface area contributed by atoms with Crippen molar-refractivity contribution in [3.05, 3.63) is 28.2 Å². The Hall–Kier alpha value is -0.710. The molecular weight excluding hydrogens is 194 g/mol. The maximum atomic E-state index is 5.52. The van der Waals surface area contributed by atoms with Gasteiger partial charge in [0.25, 0.3) is 0 Å². The number of nitrogens with zero attached hydrogens (tertiary/aromatic N) is 2. The minimum absolute atomic E-state index is 0.560. The smallest absolute Gasteiger partial charge is 0.106 e. The van der Waals surface area contributed by atoms with Crippen LogP contribution in [0.1, 0.15) is 17.1 Å². The highest BCUT2D eigenvalue weighted by Crippen LogP contribution is 2.12. The third-order valence-corrected chi connectivity index (χ3v) is 3.22. The second-order valence-electron chi connectivity index (χ2n) is 3.43. The maximum Gasteiger partial charge on any atom is 0.106 e. The van der Waals surface area contributed by atoms with Crippen LogP contribution in [0.5, 0.6) is 0 Å². The van der Waals surface area contributed by atoms with Crippen molar-refractivity contribution < 1.29 is 0 Å². The first-order valence-electron chi connectivity index (χ1n) is 4.89. The highest BCUT2D eigenvalue weighted by atomic mass is 32.1. The van der Waals surface area contributed by atoms with E-state index in [1.54, 1.807) is 11.3 Å². The normalized spacial score (nSPS) is 17.5. The van der Waals surface area contributed by atoms with Gasteiger partial charge in [-0.3, -0.25) is 4.90 Å². The fourth-order valence-electron chi connectivity index (χ4n) is 1.58. The molecular formula is C10H15N3S. The lowest BCUT2D eigenvalue weighted by Crippen LogP contribution is -2.26. The van der Waals surface area contributed by atoms with Gasteiger partial charge in [-0.05, 0) is 6.42 Å². The highest BCUT2D eigenvalue weighted by molar-refractivity contribution is 7.09. The van der Waals surface area contributed by atoms with Gasteiger partial charge < -0.3 is 5.73 Å². The summed E-state index contributed by atoms with van der Waals surface area (Å²) in [7, 11) is 0. The molecule has 14 heavy (non-hydrogen) atoms. The molecule has 1 aliphatic rings. The highest BCUT2D eigenvalue weighted by Gasteiger charge is 2.08. The number of aromatic nitrogens is 1. The summed E-state index contributed by atoms with van der Waals surface area (Å²) in [6, 6.07) is 0. The van der Waals surface area contributed by atoms with Crippen molar-refractivity contribution in [1.29, 1.82) is 0 Å². The second-order valence-corrected chi connectivity index (χ2v) is 4.37. The molecule has 2 N–H and O–H groups in total. The molecule has 1 aromatic heterocycles. The van der Waals surface area contributed by atoms with Gasteiger partial charge in [0, 0.05) is 31.6 Å². The van der Waals surface area contributed by atoms with E-state index >= 15 is 0 Å². The van der Waals surface area contributed by atoms with E-state index in [0.29, 0.717) is 6.54 Å². The maximum absolute atomic E-state index is 5.52. The van der Waals surface area contributed by atoms with Crippen molar-refractivity contribution >= 4 is 11.3 Å². The van der Waals surface area contributed by atoms with Crippen molar-refractivity contribution in [3.8, 4) is 0 Å². The van der Waals surface area contributed by atoms with Gasteiger partial charge in [-0.15, -0.1) is 11.3 Å². The Morgan fingerprint density at radius 1 is 1.50 bits per heavy atom. The van der Waals surface area contributed by atoms with Crippen LogP contribution in [0.3, 0.4) is 0 Å². The van der Waals surface area contributed by atoms with E-state index < -0.39 is 0 Å². The molecule has 0 fully saturated rings. The summed E-state index contributed by atoms with van der Waals surface area (Å²) in [6.07, 6.45) is 5.62. The van der Waals surface area contributed by atoms with Gasteiger partial charge in [-0.1, -0.05) is 12.2 Å². The van der Waals surface area contributed by atoms with Crippen LogP contribution in [0, 0.1) is 0 Å². The van der Waals surface area contributed by atoms with Gasteiger partial charge in [-0.2, -0.15) is 0 Å². The van der Waals surface area contributed by atoms with E-state index in [0.717, 1.165) is 36.8 Å². The second kappa shape index (κ2) is 4.68. The van der Waals surface area contributed by atoms with E-state index in [4.69, 9.17) is 5.73 Å². The lowest BCUT2D eigenvalue weighted by molar-refractivity contribution is 0.287. The zero-order valence-electron chi connectivity index (χ0n) is 8.15. The fraction of sp³-hybridized carbons (Fsp3) is 0.500. The summed E-state index contributed by atoms with van der Waals surface area (Å²) in [5.41, 5.74) is 6.68. The number of thiazole rings is 1. The van der Waals surface area contributed by atoms with E-state index in [-0.39, 0.29) is 0 Å². The Bertz CT molecular complexity index is 319. The number of nitrogens with two attached hydrogens (primary N) is 1. The first kappa shape index (κ1) is 9.83. The van der Waals surface area contributed by atoms with Crippen LogP contribution in [0.15, 0.2) is 17.5 Å². The van der Waals surface area contributed by atoms with Gasteiger partial charge >= 0.3 is 0 Å². The van der Waals surface area contributed by atoms with Gasteiger partial charge in [-0.25, -0.2) is 4.98 Å². The molecule has 76 valence electrons. The average Bonchev–Trinajstić information content (AvgIpc) is 2.67. The monoisotopic (exact) mass is 209 g/mol. The fourth-order valence-corrected chi connectivity index (χ4v) is 2.24. The number of hydrogen-bond acceptors (Lipinski definition) is 4. The van der Waals surface area contributed by atoms with Gasteiger partial charge in [0.15, 0.2) is 0 Å². The van der Waals surface area contributed by atoms with E-state index in [9.17, 15) is 0 Å². The lowest BCUT2D eigenvalue weighted by atomic mass is 10.2. The van der Waals surface area contributed by atoms with Gasteiger partial charge in [0.2, 0.25) is 0 Å². The quantitative estimate of drug-likeness (QED) is 0.764. The van der Waals surface area contributed by atoms with Crippen molar-refractivity contribution in [3.63, 3.8) is 0 Å². The molecule has 0 spiro atoms. The molecule has 0 saturated heterocycles. The third-order valence-electron chi connectivity index (χ3n) is 2.30. The number of rotatable bonds is 3. The molecule has 1 aromatic rings. The molecule has 0 atom stereocenters.